The molecule has 19 heavy (non-hydrogen) atoms. The maximum Gasteiger partial charge on any atom is 0.135 e. The smallest absolute Gasteiger partial charge is 0.135 e. The van der Waals surface area contributed by atoms with Crippen molar-refractivity contribution in [1.82, 2.24) is 4.90 Å². The molecule has 0 aromatic heterocycles. The van der Waals surface area contributed by atoms with Gasteiger partial charge in [0, 0.05) is 29.3 Å². The normalized spacial score (nSPS) is 16.2. The van der Waals surface area contributed by atoms with E-state index in [1.165, 1.54) is 5.70 Å². The second kappa shape index (κ2) is 6.71. The van der Waals surface area contributed by atoms with Crippen LogP contribution in [0.5, 0.6) is 0 Å². The molecule has 0 N–H and O–H groups in total. The maximum absolute atomic E-state index is 4.50. The van der Waals surface area contributed by atoms with Gasteiger partial charge in [0.2, 0.25) is 0 Å². The molecule has 2 rings (SSSR count). The summed E-state index contributed by atoms with van der Waals surface area (Å²) in [7, 11) is 1.86. The van der Waals surface area contributed by atoms with Gasteiger partial charge in [0.15, 0.2) is 0 Å². The molecule has 1 aromatic rings. The third-order valence-corrected chi connectivity index (χ3v) is 3.86. The Kier molecular flexibility index (Phi) is 4.97. The van der Waals surface area contributed by atoms with Crippen molar-refractivity contribution in [2.24, 2.45) is 4.99 Å². The molecule has 100 valence electrons. The van der Waals surface area contributed by atoms with Crippen LogP contribution < -0.4 is 0 Å². The van der Waals surface area contributed by atoms with Gasteiger partial charge in [-0.15, -0.1) is 0 Å². The Labute approximate surface area is 123 Å². The molecule has 2 nitrogen and oxygen atoms in total. The summed E-state index contributed by atoms with van der Waals surface area (Å²) in [6, 6.07) is 10.4. The highest BCUT2D eigenvalue weighted by molar-refractivity contribution is 9.11. The van der Waals surface area contributed by atoms with Gasteiger partial charge in [0.25, 0.3) is 0 Å². The van der Waals surface area contributed by atoms with Crippen LogP contribution in [0.1, 0.15) is 25.3 Å². The van der Waals surface area contributed by atoms with Crippen molar-refractivity contribution >= 4 is 21.8 Å². The molecule has 0 aliphatic carbocycles. The van der Waals surface area contributed by atoms with Gasteiger partial charge in [-0.3, -0.25) is 4.99 Å². The van der Waals surface area contributed by atoms with E-state index in [-0.39, 0.29) is 0 Å². The lowest BCUT2D eigenvalue weighted by molar-refractivity contribution is 0.528. The molecule has 1 heterocycles. The summed E-state index contributed by atoms with van der Waals surface area (Å²) in [5.74, 6) is 1.03. The molecule has 1 aromatic carbocycles. The number of benzene rings is 1. The van der Waals surface area contributed by atoms with Crippen LogP contribution >= 0.6 is 15.9 Å². The third kappa shape index (κ3) is 3.16. The summed E-state index contributed by atoms with van der Waals surface area (Å²) >= 11 is 3.66. The van der Waals surface area contributed by atoms with E-state index in [0.717, 1.165) is 35.3 Å². The lowest BCUT2D eigenvalue weighted by Gasteiger charge is -2.30. The zero-order valence-corrected chi connectivity index (χ0v) is 13.0. The summed E-state index contributed by atoms with van der Waals surface area (Å²) in [6.45, 7) is 3.08. The Hall–Kier alpha value is -1.35. The maximum atomic E-state index is 4.50. The Bertz CT molecular complexity index is 515. The molecule has 3 heteroatoms. The van der Waals surface area contributed by atoms with Gasteiger partial charge in [-0.05, 0) is 28.4 Å². The molecule has 0 radical (unpaired) electrons. The van der Waals surface area contributed by atoms with Gasteiger partial charge in [-0.25, -0.2) is 0 Å². The zero-order valence-electron chi connectivity index (χ0n) is 11.4. The highest BCUT2D eigenvalue weighted by atomic mass is 79.9. The molecule has 1 aliphatic heterocycles. The molecule has 0 atom stereocenters. The number of halogens is 1. The van der Waals surface area contributed by atoms with E-state index in [1.54, 1.807) is 0 Å². The fourth-order valence-electron chi connectivity index (χ4n) is 2.30. The van der Waals surface area contributed by atoms with Crippen molar-refractivity contribution in [2.75, 3.05) is 13.6 Å². The monoisotopic (exact) mass is 318 g/mol. The van der Waals surface area contributed by atoms with Gasteiger partial charge in [0.1, 0.15) is 5.84 Å². The number of amidine groups is 1. The molecule has 1 aliphatic rings. The number of allylic oxidation sites excluding steroid dienone is 3. The van der Waals surface area contributed by atoms with Crippen LogP contribution in [0, 0.1) is 0 Å². The number of rotatable bonds is 3. The minimum Gasteiger partial charge on any atom is -0.325 e. The molecular formula is C16H19BrN2. The van der Waals surface area contributed by atoms with Crippen LogP contribution in [0.2, 0.25) is 0 Å². The summed E-state index contributed by atoms with van der Waals surface area (Å²) in [6.07, 6.45) is 6.48. The van der Waals surface area contributed by atoms with E-state index >= 15 is 0 Å². The third-order valence-electron chi connectivity index (χ3n) is 3.14. The van der Waals surface area contributed by atoms with Crippen molar-refractivity contribution in [3.8, 4) is 0 Å². The summed E-state index contributed by atoms with van der Waals surface area (Å²) in [4.78, 5) is 6.80. The molecule has 0 saturated heterocycles. The van der Waals surface area contributed by atoms with Crippen LogP contribution in [0.3, 0.4) is 0 Å². The predicted molar refractivity (Wildman–Crippen MR) is 85.6 cm³/mol. The standard InChI is InChI=1S/C16H19BrN2/c1-3-8-15-14(17)11-7-12-19(15)16(18-2)13-9-5-4-6-10-13/h4-7,9-11H,3,8,12H2,1-2H3/b18-16+. The Morgan fingerprint density at radius 2 is 2.05 bits per heavy atom. The lowest BCUT2D eigenvalue weighted by Crippen LogP contribution is -2.33. The van der Waals surface area contributed by atoms with E-state index in [9.17, 15) is 0 Å². The van der Waals surface area contributed by atoms with Crippen LogP contribution in [0.4, 0.5) is 0 Å². The minimum atomic E-state index is 0.881. The fraction of sp³-hybridized carbons (Fsp3) is 0.312. The first-order valence-electron chi connectivity index (χ1n) is 6.62. The van der Waals surface area contributed by atoms with Gasteiger partial charge in [0.05, 0.1) is 0 Å². The SMILES string of the molecule is CCCC1=C(Br)C=CCN1/C(=N/C)c1ccccc1. The van der Waals surface area contributed by atoms with E-state index in [2.05, 4.69) is 69.2 Å². The van der Waals surface area contributed by atoms with E-state index in [0.29, 0.717) is 0 Å². The number of nitrogens with zero attached hydrogens (tertiary/aromatic N) is 2. The second-order valence-corrected chi connectivity index (χ2v) is 5.33. The number of hydrogen-bond acceptors (Lipinski definition) is 1. The Balaban J connectivity index is 2.37. The first-order valence-corrected chi connectivity index (χ1v) is 7.42. The van der Waals surface area contributed by atoms with Crippen molar-refractivity contribution in [2.45, 2.75) is 19.8 Å². The van der Waals surface area contributed by atoms with E-state index in [1.807, 2.05) is 13.1 Å². The second-order valence-electron chi connectivity index (χ2n) is 4.47. The van der Waals surface area contributed by atoms with Crippen molar-refractivity contribution in [3.05, 3.63) is 58.2 Å². The first-order chi connectivity index (χ1) is 9.27. The van der Waals surface area contributed by atoms with Crippen LogP contribution in [0.25, 0.3) is 0 Å². The quantitative estimate of drug-likeness (QED) is 0.598. The Morgan fingerprint density at radius 1 is 1.32 bits per heavy atom. The average Bonchev–Trinajstić information content (AvgIpc) is 2.44. The van der Waals surface area contributed by atoms with Gasteiger partial charge in [-0.1, -0.05) is 49.8 Å². The molecule has 0 fully saturated rings. The highest BCUT2D eigenvalue weighted by Gasteiger charge is 2.20. The molecule has 0 saturated carbocycles. The largest absolute Gasteiger partial charge is 0.325 e. The minimum absolute atomic E-state index is 0.881. The Morgan fingerprint density at radius 3 is 2.68 bits per heavy atom. The fourth-order valence-corrected chi connectivity index (χ4v) is 2.89. The van der Waals surface area contributed by atoms with Crippen molar-refractivity contribution in [3.63, 3.8) is 0 Å². The molecular weight excluding hydrogens is 300 g/mol. The van der Waals surface area contributed by atoms with Crippen molar-refractivity contribution in [1.29, 1.82) is 0 Å². The van der Waals surface area contributed by atoms with E-state index < -0.39 is 0 Å². The van der Waals surface area contributed by atoms with Gasteiger partial charge < -0.3 is 4.90 Å². The molecule has 0 amide bonds. The predicted octanol–water partition coefficient (Wildman–Crippen LogP) is 4.34. The van der Waals surface area contributed by atoms with Crippen LogP contribution in [0.15, 0.2) is 57.7 Å². The van der Waals surface area contributed by atoms with Gasteiger partial charge >= 0.3 is 0 Å². The molecule has 0 unspecified atom stereocenters. The topological polar surface area (TPSA) is 15.6 Å². The van der Waals surface area contributed by atoms with Crippen molar-refractivity contribution < 1.29 is 0 Å². The molecule has 0 bridgehead atoms. The summed E-state index contributed by atoms with van der Waals surface area (Å²) < 4.78 is 1.16. The van der Waals surface area contributed by atoms with Crippen LogP contribution in [-0.2, 0) is 0 Å². The van der Waals surface area contributed by atoms with E-state index in [4.69, 9.17) is 0 Å². The first kappa shape index (κ1) is 14.1. The molecule has 0 spiro atoms. The summed E-state index contributed by atoms with van der Waals surface area (Å²) in [5.41, 5.74) is 2.48. The number of hydrogen-bond donors (Lipinski definition) is 0. The summed E-state index contributed by atoms with van der Waals surface area (Å²) in [5, 5.41) is 0. The number of aliphatic imine (C=N–C) groups is 1. The van der Waals surface area contributed by atoms with Crippen LogP contribution in [-0.4, -0.2) is 24.3 Å². The lowest BCUT2D eigenvalue weighted by atomic mass is 10.1. The zero-order chi connectivity index (χ0) is 13.7. The van der Waals surface area contributed by atoms with Gasteiger partial charge in [-0.2, -0.15) is 0 Å². The average molecular weight is 319 g/mol. The highest BCUT2D eigenvalue weighted by Crippen LogP contribution is 2.27.